The van der Waals surface area contributed by atoms with Gasteiger partial charge in [0, 0.05) is 6.54 Å². The van der Waals surface area contributed by atoms with E-state index in [0.717, 1.165) is 10.5 Å². The van der Waals surface area contributed by atoms with E-state index in [1.165, 1.54) is 19.9 Å². The topological polar surface area (TPSA) is 95.7 Å². The van der Waals surface area contributed by atoms with Crippen molar-refractivity contribution in [2.24, 2.45) is 11.7 Å². The highest BCUT2D eigenvalue weighted by atomic mass is 19.4. The van der Waals surface area contributed by atoms with E-state index in [1.54, 1.807) is 19.9 Å². The predicted octanol–water partition coefficient (Wildman–Crippen LogP) is 1.46. The Morgan fingerprint density at radius 2 is 1.92 bits per heavy atom. The molecule has 0 saturated carbocycles. The molecule has 3 unspecified atom stereocenters. The van der Waals surface area contributed by atoms with Crippen LogP contribution in [0.25, 0.3) is 0 Å². The van der Waals surface area contributed by atoms with E-state index in [-0.39, 0.29) is 12.2 Å². The molecular weight excluding hydrogens is 351 g/mol. The first-order valence-electron chi connectivity index (χ1n) is 8.34. The minimum atomic E-state index is -4.87. The minimum Gasteiger partial charge on any atom is -0.382 e. The molecule has 0 radical (unpaired) electrons. The second kappa shape index (κ2) is 8.68. The maximum atomic E-state index is 12.8. The first kappa shape index (κ1) is 22.2. The average molecular weight is 377 g/mol. The zero-order valence-corrected chi connectivity index (χ0v) is 15.3. The zero-order valence-electron chi connectivity index (χ0n) is 15.3. The molecule has 1 aliphatic heterocycles. The summed E-state index contributed by atoms with van der Waals surface area (Å²) >= 11 is 0. The molecule has 0 aromatic carbocycles. The van der Waals surface area contributed by atoms with E-state index >= 15 is 0 Å². The van der Waals surface area contributed by atoms with Gasteiger partial charge in [0.25, 0.3) is 5.91 Å². The van der Waals surface area contributed by atoms with Gasteiger partial charge >= 0.3 is 6.18 Å². The maximum Gasteiger partial charge on any atom is 0.416 e. The van der Waals surface area contributed by atoms with Crippen molar-refractivity contribution in [2.45, 2.75) is 58.5 Å². The van der Waals surface area contributed by atoms with Crippen LogP contribution in [0.4, 0.5) is 13.2 Å². The average Bonchev–Trinajstić information content (AvgIpc) is 2.98. The molecule has 9 heteroatoms. The van der Waals surface area contributed by atoms with Crippen molar-refractivity contribution < 1.29 is 27.9 Å². The predicted molar refractivity (Wildman–Crippen MR) is 90.6 cm³/mol. The van der Waals surface area contributed by atoms with Gasteiger partial charge in [0.2, 0.25) is 5.91 Å². The van der Waals surface area contributed by atoms with Crippen LogP contribution in [0.1, 0.15) is 34.1 Å². The number of carbonyl (C=O) groups is 2. The van der Waals surface area contributed by atoms with Crippen molar-refractivity contribution in [2.75, 3.05) is 6.54 Å². The van der Waals surface area contributed by atoms with Gasteiger partial charge < -0.3 is 21.1 Å². The summed E-state index contributed by atoms with van der Waals surface area (Å²) in [6.07, 6.45) is -4.16. The normalized spacial score (nSPS) is 18.2. The van der Waals surface area contributed by atoms with Crippen LogP contribution in [0.15, 0.2) is 23.4 Å². The molecule has 0 aromatic rings. The Kier molecular flexibility index (Phi) is 7.40. The fourth-order valence-corrected chi connectivity index (χ4v) is 2.65. The Balaban J connectivity index is 2.94. The van der Waals surface area contributed by atoms with Gasteiger partial charge in [-0.1, -0.05) is 31.6 Å². The Labute approximate surface area is 150 Å². The molecule has 6 nitrogen and oxygen atoms in total. The smallest absolute Gasteiger partial charge is 0.382 e. The first-order chi connectivity index (χ1) is 11.9. The van der Waals surface area contributed by atoms with Crippen molar-refractivity contribution in [1.29, 1.82) is 0 Å². The number of rotatable bonds is 6. The number of amides is 2. The third kappa shape index (κ3) is 5.57. The van der Waals surface area contributed by atoms with Gasteiger partial charge in [-0.05, 0) is 26.2 Å². The lowest BCUT2D eigenvalue weighted by atomic mass is 9.98. The van der Waals surface area contributed by atoms with E-state index in [9.17, 15) is 27.9 Å². The number of hydrogen-bond acceptors (Lipinski definition) is 4. The molecule has 4 N–H and O–H groups in total. The first-order valence-corrected chi connectivity index (χ1v) is 8.34. The van der Waals surface area contributed by atoms with Gasteiger partial charge in [-0.3, -0.25) is 9.59 Å². The maximum absolute atomic E-state index is 12.8. The van der Waals surface area contributed by atoms with Gasteiger partial charge in [0.1, 0.15) is 11.7 Å². The SMILES string of the molecule is CC(C)=CC(N)C(=O)N1CCC=C1C(=O)NC(C(C)C)C(O)C(F)(F)F. The summed E-state index contributed by atoms with van der Waals surface area (Å²) in [5, 5.41) is 11.7. The van der Waals surface area contributed by atoms with Crippen LogP contribution < -0.4 is 11.1 Å². The Morgan fingerprint density at radius 1 is 1.35 bits per heavy atom. The number of halogens is 3. The summed E-state index contributed by atoms with van der Waals surface area (Å²) in [5.74, 6) is -2.03. The van der Waals surface area contributed by atoms with Crippen LogP contribution in [0.2, 0.25) is 0 Å². The van der Waals surface area contributed by atoms with E-state index in [4.69, 9.17) is 5.73 Å². The molecule has 2 amide bonds. The van der Waals surface area contributed by atoms with E-state index in [0.29, 0.717) is 6.42 Å². The Morgan fingerprint density at radius 3 is 2.38 bits per heavy atom. The monoisotopic (exact) mass is 377 g/mol. The highest BCUT2D eigenvalue weighted by molar-refractivity contribution is 5.99. The fourth-order valence-electron chi connectivity index (χ4n) is 2.65. The van der Waals surface area contributed by atoms with Crippen LogP contribution in [-0.4, -0.2) is 52.7 Å². The molecule has 1 heterocycles. The van der Waals surface area contributed by atoms with Crippen LogP contribution in [0.3, 0.4) is 0 Å². The molecule has 148 valence electrons. The number of nitrogens with zero attached hydrogens (tertiary/aromatic N) is 1. The van der Waals surface area contributed by atoms with E-state index in [1.807, 2.05) is 0 Å². The highest BCUT2D eigenvalue weighted by Crippen LogP contribution is 2.26. The molecule has 0 bridgehead atoms. The number of carbonyl (C=O) groups excluding carboxylic acids is 2. The van der Waals surface area contributed by atoms with Gasteiger partial charge in [0.15, 0.2) is 6.10 Å². The number of aliphatic hydroxyl groups is 1. The largest absolute Gasteiger partial charge is 0.416 e. The van der Waals surface area contributed by atoms with Crippen molar-refractivity contribution in [3.05, 3.63) is 23.4 Å². The zero-order chi connectivity index (χ0) is 20.2. The number of hydrogen-bond donors (Lipinski definition) is 3. The number of aliphatic hydroxyl groups excluding tert-OH is 1. The molecule has 26 heavy (non-hydrogen) atoms. The molecule has 0 saturated heterocycles. The van der Waals surface area contributed by atoms with Crippen LogP contribution in [0.5, 0.6) is 0 Å². The van der Waals surface area contributed by atoms with Crippen LogP contribution in [-0.2, 0) is 9.59 Å². The highest BCUT2D eigenvalue weighted by Gasteiger charge is 2.45. The second-order valence-electron chi connectivity index (χ2n) is 6.87. The van der Waals surface area contributed by atoms with Crippen LogP contribution in [0, 0.1) is 5.92 Å². The lowest BCUT2D eigenvalue weighted by Gasteiger charge is -2.30. The Hall–Kier alpha value is -1.87. The second-order valence-corrected chi connectivity index (χ2v) is 6.87. The van der Waals surface area contributed by atoms with E-state index < -0.39 is 42.1 Å². The van der Waals surface area contributed by atoms with Gasteiger partial charge in [-0.2, -0.15) is 13.2 Å². The van der Waals surface area contributed by atoms with Gasteiger partial charge in [-0.25, -0.2) is 0 Å². The van der Waals surface area contributed by atoms with Crippen molar-refractivity contribution >= 4 is 11.8 Å². The molecule has 0 aliphatic carbocycles. The minimum absolute atomic E-state index is 0.0485. The lowest BCUT2D eigenvalue weighted by molar-refractivity contribution is -0.215. The van der Waals surface area contributed by atoms with Gasteiger partial charge in [0.05, 0.1) is 6.04 Å². The summed E-state index contributed by atoms with van der Waals surface area (Å²) in [6, 6.07) is -2.48. The summed E-state index contributed by atoms with van der Waals surface area (Å²) in [5.41, 5.74) is 6.58. The molecule has 1 rings (SSSR count). The summed E-state index contributed by atoms with van der Waals surface area (Å²) in [6.45, 7) is 6.67. The molecule has 0 fully saturated rings. The number of nitrogens with one attached hydrogen (secondary N) is 1. The van der Waals surface area contributed by atoms with Gasteiger partial charge in [-0.15, -0.1) is 0 Å². The third-order valence-electron chi connectivity index (χ3n) is 3.97. The lowest BCUT2D eigenvalue weighted by Crippen LogP contribution is -2.54. The molecule has 3 atom stereocenters. The van der Waals surface area contributed by atoms with Crippen molar-refractivity contribution in [1.82, 2.24) is 10.2 Å². The van der Waals surface area contributed by atoms with Crippen molar-refractivity contribution in [3.63, 3.8) is 0 Å². The molecular formula is C17H26F3N3O3. The fraction of sp³-hybridized carbons (Fsp3) is 0.647. The summed E-state index contributed by atoms with van der Waals surface area (Å²) in [7, 11) is 0. The van der Waals surface area contributed by atoms with Crippen molar-refractivity contribution in [3.8, 4) is 0 Å². The molecule has 0 aromatic heterocycles. The Bertz CT molecular complexity index is 596. The molecule has 1 aliphatic rings. The number of nitrogens with two attached hydrogens (primary N) is 1. The standard InChI is InChI=1S/C17H26F3N3O3/c1-9(2)8-11(21)16(26)23-7-5-6-12(23)15(25)22-13(10(3)4)14(24)17(18,19)20/h6,8,10-11,13-14,24H,5,7,21H2,1-4H3,(H,22,25). The number of alkyl halides is 3. The summed E-state index contributed by atoms with van der Waals surface area (Å²) < 4.78 is 38.4. The summed E-state index contributed by atoms with van der Waals surface area (Å²) in [4.78, 5) is 26.0. The number of allylic oxidation sites excluding steroid dienone is 1. The molecule has 0 spiro atoms. The van der Waals surface area contributed by atoms with E-state index in [2.05, 4.69) is 5.32 Å². The third-order valence-corrected chi connectivity index (χ3v) is 3.97. The van der Waals surface area contributed by atoms with Crippen LogP contribution >= 0.6 is 0 Å². The quantitative estimate of drug-likeness (QED) is 0.611.